The molecule has 4 rings (SSSR count). The Hall–Kier alpha value is -3.09. The van der Waals surface area contributed by atoms with Gasteiger partial charge in [0.1, 0.15) is 11.6 Å². The predicted octanol–water partition coefficient (Wildman–Crippen LogP) is 4.94. The number of esters is 2. The molecule has 7 heteroatoms. The number of carbonyl (C=O) groups is 3. The van der Waals surface area contributed by atoms with Crippen LogP contribution in [0.15, 0.2) is 48.5 Å². The minimum Gasteiger partial charge on any atom is -0.457 e. The fourth-order valence-electron chi connectivity index (χ4n) is 5.43. The van der Waals surface area contributed by atoms with Crippen molar-refractivity contribution in [1.82, 2.24) is 0 Å². The average molecular weight is 471 g/mol. The van der Waals surface area contributed by atoms with Crippen LogP contribution in [0.25, 0.3) is 0 Å². The lowest BCUT2D eigenvalue weighted by molar-refractivity contribution is -0.158. The van der Waals surface area contributed by atoms with Crippen molar-refractivity contribution in [2.45, 2.75) is 62.2 Å². The molecule has 34 heavy (non-hydrogen) atoms. The van der Waals surface area contributed by atoms with E-state index in [0.717, 1.165) is 25.7 Å². The molecular formula is C27H28F2O5. The van der Waals surface area contributed by atoms with Gasteiger partial charge in [0.05, 0.1) is 10.8 Å². The molecule has 2 aliphatic carbocycles. The van der Waals surface area contributed by atoms with E-state index >= 15 is 0 Å². The molecule has 0 spiro atoms. The van der Waals surface area contributed by atoms with Crippen LogP contribution < -0.4 is 0 Å². The molecule has 0 aromatic heterocycles. The minimum absolute atomic E-state index is 0.282. The number of carbonyl (C=O) groups excluding carboxylic acids is 3. The number of halogens is 2. The minimum atomic E-state index is -1.11. The van der Waals surface area contributed by atoms with Crippen LogP contribution in [0.1, 0.15) is 62.5 Å². The summed E-state index contributed by atoms with van der Waals surface area (Å²) in [7, 11) is 0. The van der Waals surface area contributed by atoms with E-state index in [4.69, 9.17) is 9.47 Å². The van der Waals surface area contributed by atoms with E-state index in [1.807, 2.05) is 0 Å². The molecule has 0 bridgehead atoms. The fourth-order valence-corrected chi connectivity index (χ4v) is 5.43. The highest BCUT2D eigenvalue weighted by molar-refractivity contribution is 5.90. The summed E-state index contributed by atoms with van der Waals surface area (Å²) in [6.07, 6.45) is 4.81. The molecule has 2 aliphatic rings. The maximum absolute atomic E-state index is 14.4. The Bertz CT molecular complexity index is 985. The molecule has 0 saturated heterocycles. The third-order valence-electron chi connectivity index (χ3n) is 7.20. The molecule has 0 aliphatic heterocycles. The Balaban J connectivity index is 1.38. The van der Waals surface area contributed by atoms with Gasteiger partial charge in [-0.05, 0) is 37.8 Å². The van der Waals surface area contributed by atoms with Crippen LogP contribution in [0.3, 0.4) is 0 Å². The van der Waals surface area contributed by atoms with Gasteiger partial charge in [-0.2, -0.15) is 0 Å². The van der Waals surface area contributed by atoms with Gasteiger partial charge >= 0.3 is 11.9 Å². The van der Waals surface area contributed by atoms with Crippen molar-refractivity contribution in [2.75, 3.05) is 13.2 Å². The van der Waals surface area contributed by atoms with Crippen LogP contribution in [-0.2, 0) is 34.7 Å². The first-order chi connectivity index (χ1) is 16.4. The van der Waals surface area contributed by atoms with Crippen LogP contribution in [-0.4, -0.2) is 30.9 Å². The maximum atomic E-state index is 14.4. The lowest BCUT2D eigenvalue weighted by atomic mass is 9.78. The monoisotopic (exact) mass is 470 g/mol. The second-order valence-electron chi connectivity index (χ2n) is 9.23. The molecule has 0 unspecified atom stereocenters. The van der Waals surface area contributed by atoms with E-state index in [2.05, 4.69) is 0 Å². The predicted molar refractivity (Wildman–Crippen MR) is 120 cm³/mol. The van der Waals surface area contributed by atoms with Gasteiger partial charge < -0.3 is 9.47 Å². The van der Waals surface area contributed by atoms with E-state index in [0.29, 0.717) is 25.7 Å². The highest BCUT2D eigenvalue weighted by Crippen LogP contribution is 2.44. The summed E-state index contributed by atoms with van der Waals surface area (Å²) in [5.41, 5.74) is -1.66. The second-order valence-corrected chi connectivity index (χ2v) is 9.23. The van der Waals surface area contributed by atoms with Crippen molar-refractivity contribution < 1.29 is 32.6 Å². The van der Waals surface area contributed by atoms with Gasteiger partial charge in [0.2, 0.25) is 5.78 Å². The van der Waals surface area contributed by atoms with Crippen LogP contribution in [0.2, 0.25) is 0 Å². The van der Waals surface area contributed by atoms with E-state index in [1.165, 1.54) is 12.1 Å². The van der Waals surface area contributed by atoms with Crippen LogP contribution >= 0.6 is 0 Å². The standard InChI is InChI=1S/C27H28F2O5/c28-22-11-3-1-9-20(22)26(13-5-6-14-26)24(31)33-17-19(30)18-34-25(32)27(15-7-8-16-27)21-10-2-4-12-23(21)29/h1-4,9-12H,5-8,13-18H2. The fraction of sp³-hybridized carbons (Fsp3) is 0.444. The Labute approximate surface area is 197 Å². The lowest BCUT2D eigenvalue weighted by Crippen LogP contribution is -2.38. The zero-order valence-electron chi connectivity index (χ0n) is 19.0. The normalized spacial score (nSPS) is 18.4. The smallest absolute Gasteiger partial charge is 0.317 e. The lowest BCUT2D eigenvalue weighted by Gasteiger charge is -2.28. The quantitative estimate of drug-likeness (QED) is 0.511. The Kier molecular flexibility index (Phi) is 7.10. The zero-order chi connectivity index (χ0) is 24.2. The average Bonchev–Trinajstić information content (AvgIpc) is 3.53. The molecule has 180 valence electrons. The molecule has 0 amide bonds. The van der Waals surface area contributed by atoms with Gasteiger partial charge in [-0.15, -0.1) is 0 Å². The molecule has 0 heterocycles. The zero-order valence-corrected chi connectivity index (χ0v) is 19.0. The van der Waals surface area contributed by atoms with Crippen molar-refractivity contribution in [2.24, 2.45) is 0 Å². The summed E-state index contributed by atoms with van der Waals surface area (Å²) in [4.78, 5) is 38.3. The molecule has 0 radical (unpaired) electrons. The van der Waals surface area contributed by atoms with E-state index in [9.17, 15) is 23.2 Å². The van der Waals surface area contributed by atoms with Gasteiger partial charge in [-0.1, -0.05) is 62.1 Å². The number of hydrogen-bond acceptors (Lipinski definition) is 5. The number of rotatable bonds is 8. The summed E-state index contributed by atoms with van der Waals surface area (Å²) in [6, 6.07) is 12.2. The van der Waals surface area contributed by atoms with Crippen molar-refractivity contribution in [1.29, 1.82) is 0 Å². The SMILES string of the molecule is O=C(COC(=O)C1(c2ccccc2F)CCCC1)COC(=O)C1(c2ccccc2F)CCCC1. The second kappa shape index (κ2) is 10.0. The maximum Gasteiger partial charge on any atom is 0.317 e. The van der Waals surface area contributed by atoms with E-state index in [-0.39, 0.29) is 11.1 Å². The molecule has 0 N–H and O–H groups in total. The first-order valence-electron chi connectivity index (χ1n) is 11.8. The van der Waals surface area contributed by atoms with Gasteiger partial charge in [0, 0.05) is 11.1 Å². The highest BCUT2D eigenvalue weighted by atomic mass is 19.1. The number of ether oxygens (including phenoxy) is 2. The third-order valence-corrected chi connectivity index (χ3v) is 7.20. The van der Waals surface area contributed by atoms with Crippen LogP contribution in [0.4, 0.5) is 8.78 Å². The number of benzene rings is 2. The largest absolute Gasteiger partial charge is 0.457 e. The Morgan fingerprint density at radius 1 is 0.647 bits per heavy atom. The molecule has 2 aromatic rings. The van der Waals surface area contributed by atoms with Gasteiger partial charge in [-0.3, -0.25) is 14.4 Å². The highest BCUT2D eigenvalue weighted by Gasteiger charge is 2.47. The van der Waals surface area contributed by atoms with Crippen LogP contribution in [0.5, 0.6) is 0 Å². The Morgan fingerprint density at radius 3 is 1.35 bits per heavy atom. The van der Waals surface area contributed by atoms with Crippen molar-refractivity contribution >= 4 is 17.7 Å². The van der Waals surface area contributed by atoms with E-state index in [1.54, 1.807) is 36.4 Å². The van der Waals surface area contributed by atoms with E-state index < -0.39 is 53.4 Å². The molecule has 2 fully saturated rings. The summed E-state index contributed by atoms with van der Waals surface area (Å²) in [5.74, 6) is -2.83. The third kappa shape index (κ3) is 4.48. The molecule has 2 saturated carbocycles. The number of Topliss-reactive ketones (excluding diaryl/α,β-unsaturated/α-hetero) is 1. The van der Waals surface area contributed by atoms with Gasteiger partial charge in [-0.25, -0.2) is 8.78 Å². The van der Waals surface area contributed by atoms with Gasteiger partial charge in [0.25, 0.3) is 0 Å². The molecular weight excluding hydrogens is 442 g/mol. The number of ketones is 1. The van der Waals surface area contributed by atoms with Crippen molar-refractivity contribution in [3.8, 4) is 0 Å². The summed E-state index contributed by atoms with van der Waals surface area (Å²) in [6.45, 7) is -1.15. The first-order valence-corrected chi connectivity index (χ1v) is 11.8. The van der Waals surface area contributed by atoms with Crippen molar-refractivity contribution in [3.05, 3.63) is 71.3 Å². The molecule has 2 aromatic carbocycles. The summed E-state index contributed by atoms with van der Waals surface area (Å²) >= 11 is 0. The van der Waals surface area contributed by atoms with Gasteiger partial charge in [0.15, 0.2) is 13.2 Å². The number of hydrogen-bond donors (Lipinski definition) is 0. The molecule has 0 atom stereocenters. The summed E-state index contributed by atoms with van der Waals surface area (Å²) in [5, 5.41) is 0. The first kappa shape index (κ1) is 24.0. The Morgan fingerprint density at radius 2 is 1.00 bits per heavy atom. The van der Waals surface area contributed by atoms with Crippen LogP contribution in [0, 0.1) is 11.6 Å². The van der Waals surface area contributed by atoms with Crippen molar-refractivity contribution in [3.63, 3.8) is 0 Å². The molecule has 5 nitrogen and oxygen atoms in total. The topological polar surface area (TPSA) is 69.7 Å². The summed E-state index contributed by atoms with van der Waals surface area (Å²) < 4.78 is 39.5.